The fourth-order valence-corrected chi connectivity index (χ4v) is 3.23. The normalized spacial score (nSPS) is 13.5. The van der Waals surface area contributed by atoms with Crippen molar-refractivity contribution in [3.8, 4) is 11.5 Å². The van der Waals surface area contributed by atoms with Gasteiger partial charge in [-0.15, -0.1) is 0 Å². The molecule has 30 heavy (non-hydrogen) atoms. The third kappa shape index (κ3) is 4.96. The van der Waals surface area contributed by atoms with Gasteiger partial charge in [-0.1, -0.05) is 6.07 Å². The fourth-order valence-electron chi connectivity index (χ4n) is 3.23. The second-order valence-corrected chi connectivity index (χ2v) is 6.60. The number of aromatic nitrogens is 2. The zero-order valence-corrected chi connectivity index (χ0v) is 16.6. The van der Waals surface area contributed by atoms with E-state index in [9.17, 15) is 18.0 Å². The summed E-state index contributed by atoms with van der Waals surface area (Å²) in [5.74, 6) is 1.13. The van der Waals surface area contributed by atoms with Gasteiger partial charge in [-0.2, -0.15) is 18.3 Å². The van der Waals surface area contributed by atoms with Crippen molar-refractivity contribution < 1.29 is 32.2 Å². The summed E-state index contributed by atoms with van der Waals surface area (Å²) in [6.07, 6.45) is -4.19. The summed E-state index contributed by atoms with van der Waals surface area (Å²) < 4.78 is 56.3. The van der Waals surface area contributed by atoms with Crippen LogP contribution in [0, 0.1) is 0 Å². The summed E-state index contributed by atoms with van der Waals surface area (Å²) >= 11 is 0. The van der Waals surface area contributed by atoms with Crippen LogP contribution in [0.5, 0.6) is 11.5 Å². The van der Waals surface area contributed by atoms with Crippen LogP contribution in [0.25, 0.3) is 0 Å². The molecule has 2 aromatic rings. The average Bonchev–Trinajstić information content (AvgIpc) is 3.11. The summed E-state index contributed by atoms with van der Waals surface area (Å²) in [4.78, 5) is 12.0. The second-order valence-electron chi connectivity index (χ2n) is 6.60. The van der Waals surface area contributed by atoms with Crippen molar-refractivity contribution in [2.24, 2.45) is 0 Å². The Kier molecular flexibility index (Phi) is 6.70. The molecule has 1 aliphatic heterocycles. The Balaban J connectivity index is 1.53. The zero-order chi connectivity index (χ0) is 21.7. The molecule has 3 rings (SSSR count). The zero-order valence-electron chi connectivity index (χ0n) is 16.6. The number of carbonyl (C=O) groups is 1. The summed E-state index contributed by atoms with van der Waals surface area (Å²) in [5.41, 5.74) is 0.460. The number of rotatable bonds is 7. The van der Waals surface area contributed by atoms with Crippen LogP contribution in [-0.4, -0.2) is 43.2 Å². The minimum atomic E-state index is -4.54. The molecule has 0 fully saturated rings. The van der Waals surface area contributed by atoms with Crippen LogP contribution in [-0.2, 0) is 37.0 Å². The van der Waals surface area contributed by atoms with E-state index >= 15 is 0 Å². The van der Waals surface area contributed by atoms with Crippen LogP contribution in [0.1, 0.15) is 22.5 Å². The lowest BCUT2D eigenvalue weighted by Crippen LogP contribution is -2.37. The maximum absolute atomic E-state index is 13.2. The van der Waals surface area contributed by atoms with Crippen LogP contribution in [0.3, 0.4) is 0 Å². The number of nitrogens with zero attached hydrogens (tertiary/aromatic N) is 2. The molecule has 0 spiro atoms. The standard InChI is InChI=1S/C19H23F3N4O4/c1-28-15-4-3-12(9-16(15)29-2)10-24-18(27)23-6-7-26-14-5-8-30-11-13(14)17(25-26)19(20,21)22/h3-4,9H,5-8,10-11H2,1-2H3,(H2,23,24,27). The lowest BCUT2D eigenvalue weighted by Gasteiger charge is -2.15. The quantitative estimate of drug-likeness (QED) is 0.708. The highest BCUT2D eigenvalue weighted by Gasteiger charge is 2.39. The molecule has 0 bridgehead atoms. The van der Waals surface area contributed by atoms with Crippen LogP contribution >= 0.6 is 0 Å². The predicted octanol–water partition coefficient (Wildman–Crippen LogP) is 2.49. The first-order chi connectivity index (χ1) is 14.3. The largest absolute Gasteiger partial charge is 0.493 e. The minimum absolute atomic E-state index is 0.0756. The molecule has 8 nitrogen and oxygen atoms in total. The number of halogens is 3. The van der Waals surface area contributed by atoms with Crippen molar-refractivity contribution >= 4 is 6.03 Å². The first-order valence-electron chi connectivity index (χ1n) is 9.29. The SMILES string of the molecule is COc1ccc(CNC(=O)NCCn2nc(C(F)(F)F)c3c2CCOC3)cc1OC. The maximum atomic E-state index is 13.2. The molecule has 0 saturated heterocycles. The van der Waals surface area contributed by atoms with Gasteiger partial charge in [-0.3, -0.25) is 4.68 Å². The van der Waals surface area contributed by atoms with Gasteiger partial charge in [0.1, 0.15) is 0 Å². The highest BCUT2D eigenvalue weighted by atomic mass is 19.4. The molecule has 1 aromatic heterocycles. The van der Waals surface area contributed by atoms with Crippen molar-refractivity contribution in [3.63, 3.8) is 0 Å². The lowest BCUT2D eigenvalue weighted by molar-refractivity contribution is -0.142. The number of carbonyl (C=O) groups excluding carboxylic acids is 1. The van der Waals surface area contributed by atoms with Crippen molar-refractivity contribution in [2.75, 3.05) is 27.4 Å². The minimum Gasteiger partial charge on any atom is -0.493 e. The fraction of sp³-hybridized carbons (Fsp3) is 0.474. The van der Waals surface area contributed by atoms with Crippen molar-refractivity contribution in [3.05, 3.63) is 40.7 Å². The van der Waals surface area contributed by atoms with Crippen molar-refractivity contribution in [1.29, 1.82) is 0 Å². The van der Waals surface area contributed by atoms with Crippen LogP contribution in [0.2, 0.25) is 0 Å². The van der Waals surface area contributed by atoms with Crippen LogP contribution in [0.15, 0.2) is 18.2 Å². The Morgan fingerprint density at radius 3 is 2.70 bits per heavy atom. The van der Waals surface area contributed by atoms with E-state index in [4.69, 9.17) is 14.2 Å². The number of hydrogen-bond acceptors (Lipinski definition) is 5. The number of fused-ring (bicyclic) bond motifs is 1. The number of ether oxygens (including phenoxy) is 3. The summed E-state index contributed by atoms with van der Waals surface area (Å²) in [6, 6.07) is 4.83. The Hall–Kier alpha value is -2.95. The van der Waals surface area contributed by atoms with Gasteiger partial charge in [-0.25, -0.2) is 4.79 Å². The summed E-state index contributed by atoms with van der Waals surface area (Å²) in [6.45, 7) is 0.740. The molecular weight excluding hydrogens is 405 g/mol. The van der Waals surface area contributed by atoms with E-state index in [0.717, 1.165) is 5.56 Å². The smallest absolute Gasteiger partial charge is 0.435 e. The number of hydrogen-bond donors (Lipinski definition) is 2. The molecule has 0 radical (unpaired) electrons. The second kappa shape index (κ2) is 9.24. The number of urea groups is 1. The highest BCUT2D eigenvalue weighted by Crippen LogP contribution is 2.34. The summed E-state index contributed by atoms with van der Waals surface area (Å²) in [7, 11) is 3.05. The Morgan fingerprint density at radius 1 is 1.23 bits per heavy atom. The Labute approximate surface area is 171 Å². The topological polar surface area (TPSA) is 86.6 Å². The molecular formula is C19H23F3N4O4. The molecule has 164 valence electrons. The third-order valence-corrected chi connectivity index (χ3v) is 4.67. The third-order valence-electron chi connectivity index (χ3n) is 4.67. The van der Waals surface area contributed by atoms with Crippen molar-refractivity contribution in [2.45, 2.75) is 32.3 Å². The molecule has 0 atom stereocenters. The first-order valence-corrected chi connectivity index (χ1v) is 9.29. The predicted molar refractivity (Wildman–Crippen MR) is 100 cm³/mol. The van der Waals surface area contributed by atoms with E-state index in [1.54, 1.807) is 18.2 Å². The number of nitrogens with one attached hydrogen (secondary N) is 2. The molecule has 0 aliphatic carbocycles. The average molecular weight is 428 g/mol. The molecule has 1 aliphatic rings. The van der Waals surface area contributed by atoms with Crippen LogP contribution < -0.4 is 20.1 Å². The molecule has 2 amide bonds. The van der Waals surface area contributed by atoms with Gasteiger partial charge < -0.3 is 24.8 Å². The highest BCUT2D eigenvalue weighted by molar-refractivity contribution is 5.73. The molecule has 2 N–H and O–H groups in total. The number of methoxy groups -OCH3 is 2. The van der Waals surface area contributed by atoms with Crippen molar-refractivity contribution in [1.82, 2.24) is 20.4 Å². The molecule has 0 unspecified atom stereocenters. The molecule has 11 heteroatoms. The van der Waals surface area contributed by atoms with Gasteiger partial charge in [0, 0.05) is 30.8 Å². The molecule has 2 heterocycles. The van der Waals surface area contributed by atoms with E-state index in [1.165, 1.54) is 18.9 Å². The Morgan fingerprint density at radius 2 is 2.00 bits per heavy atom. The van der Waals surface area contributed by atoms with Gasteiger partial charge in [0.05, 0.1) is 34.0 Å². The van der Waals surface area contributed by atoms with E-state index in [1.807, 2.05) is 0 Å². The monoisotopic (exact) mass is 428 g/mol. The Bertz CT molecular complexity index is 899. The van der Waals surface area contributed by atoms with Gasteiger partial charge in [0.2, 0.25) is 0 Å². The lowest BCUT2D eigenvalue weighted by atomic mass is 10.1. The van der Waals surface area contributed by atoms with E-state index in [-0.39, 0.29) is 31.8 Å². The van der Waals surface area contributed by atoms with Crippen LogP contribution in [0.4, 0.5) is 18.0 Å². The number of amides is 2. The van der Waals surface area contributed by atoms with Gasteiger partial charge in [0.15, 0.2) is 17.2 Å². The van der Waals surface area contributed by atoms with Gasteiger partial charge >= 0.3 is 12.2 Å². The van der Waals surface area contributed by atoms with E-state index in [2.05, 4.69) is 15.7 Å². The molecule has 1 aromatic carbocycles. The summed E-state index contributed by atoms with van der Waals surface area (Å²) in [5, 5.41) is 9.02. The first kappa shape index (κ1) is 21.8. The number of benzene rings is 1. The van der Waals surface area contributed by atoms with Gasteiger partial charge in [-0.05, 0) is 17.7 Å². The van der Waals surface area contributed by atoms with E-state index in [0.29, 0.717) is 30.2 Å². The number of alkyl halides is 3. The van der Waals surface area contributed by atoms with Gasteiger partial charge in [0.25, 0.3) is 0 Å². The van der Waals surface area contributed by atoms with E-state index < -0.39 is 17.9 Å². The maximum Gasteiger partial charge on any atom is 0.435 e. The molecule has 0 saturated carbocycles.